The molecule has 1 aliphatic heterocycles. The Morgan fingerprint density at radius 2 is 2.09 bits per heavy atom. The van der Waals surface area contributed by atoms with Gasteiger partial charge in [0.05, 0.1) is 19.3 Å². The summed E-state index contributed by atoms with van der Waals surface area (Å²) in [4.78, 5) is 14.3. The number of carbonyl (C=O) groups excluding carboxylic acids is 1. The molecule has 1 fully saturated rings. The lowest BCUT2D eigenvalue weighted by Crippen LogP contribution is -2.44. The molecule has 0 unspecified atom stereocenters. The third-order valence-corrected chi connectivity index (χ3v) is 4.37. The maximum absolute atomic E-state index is 12.0. The van der Waals surface area contributed by atoms with Gasteiger partial charge < -0.3 is 20.7 Å². The van der Waals surface area contributed by atoms with Crippen molar-refractivity contribution in [1.82, 2.24) is 5.32 Å². The van der Waals surface area contributed by atoms with Gasteiger partial charge in [-0.2, -0.15) is 0 Å². The second-order valence-electron chi connectivity index (χ2n) is 5.86. The van der Waals surface area contributed by atoms with E-state index in [4.69, 9.17) is 10.5 Å². The van der Waals surface area contributed by atoms with E-state index in [0.29, 0.717) is 6.54 Å². The van der Waals surface area contributed by atoms with E-state index in [9.17, 15) is 4.79 Å². The number of nitrogens with zero attached hydrogens (tertiary/aromatic N) is 1. The number of hydrogen-bond donors (Lipinski definition) is 2. The molecule has 0 bridgehead atoms. The Morgan fingerprint density at radius 1 is 1.41 bits per heavy atom. The van der Waals surface area contributed by atoms with Gasteiger partial charge in [0.15, 0.2) is 0 Å². The number of benzene rings is 1. The molecular weight excluding hydrogens is 346 g/mol. The van der Waals surface area contributed by atoms with Gasteiger partial charge in [0.25, 0.3) is 0 Å². The summed E-state index contributed by atoms with van der Waals surface area (Å²) in [5.74, 6) is 0.0227. The van der Waals surface area contributed by atoms with Crippen molar-refractivity contribution in [2.45, 2.75) is 26.4 Å². The van der Waals surface area contributed by atoms with Crippen LogP contribution in [0, 0.1) is 5.92 Å². The smallest absolute Gasteiger partial charge is 0.237 e. The first-order chi connectivity index (χ1) is 10.5. The SMILES string of the molecule is CC(C)[C@H](N)C(=O)NCc1ccc(Br)cc1N1CCOCC1. The van der Waals surface area contributed by atoms with E-state index in [0.717, 1.165) is 42.0 Å². The van der Waals surface area contributed by atoms with Crippen molar-refractivity contribution in [3.63, 3.8) is 0 Å². The van der Waals surface area contributed by atoms with Crippen LogP contribution in [0.15, 0.2) is 22.7 Å². The molecule has 0 spiro atoms. The minimum absolute atomic E-state index is 0.106. The predicted molar refractivity (Wildman–Crippen MR) is 91.8 cm³/mol. The number of halogens is 1. The van der Waals surface area contributed by atoms with Crippen LogP contribution in [-0.2, 0) is 16.1 Å². The summed E-state index contributed by atoms with van der Waals surface area (Å²) >= 11 is 3.52. The molecule has 1 saturated heterocycles. The first kappa shape index (κ1) is 17.2. The first-order valence-corrected chi connectivity index (χ1v) is 8.42. The molecular formula is C16H24BrN3O2. The summed E-state index contributed by atoms with van der Waals surface area (Å²) in [6.07, 6.45) is 0. The average molecular weight is 370 g/mol. The minimum Gasteiger partial charge on any atom is -0.378 e. The zero-order valence-corrected chi connectivity index (χ0v) is 14.7. The van der Waals surface area contributed by atoms with Gasteiger partial charge in [-0.25, -0.2) is 0 Å². The van der Waals surface area contributed by atoms with Crippen LogP contribution >= 0.6 is 15.9 Å². The third kappa shape index (κ3) is 4.44. The molecule has 0 radical (unpaired) electrons. The van der Waals surface area contributed by atoms with E-state index in [1.807, 2.05) is 26.0 Å². The summed E-state index contributed by atoms with van der Waals surface area (Å²) in [7, 11) is 0. The quantitative estimate of drug-likeness (QED) is 0.831. The topological polar surface area (TPSA) is 67.6 Å². The fourth-order valence-corrected chi connectivity index (χ4v) is 2.74. The van der Waals surface area contributed by atoms with Crippen LogP contribution < -0.4 is 16.0 Å². The molecule has 22 heavy (non-hydrogen) atoms. The second-order valence-corrected chi connectivity index (χ2v) is 6.78. The molecule has 1 aromatic rings. The van der Waals surface area contributed by atoms with Crippen LogP contribution in [-0.4, -0.2) is 38.3 Å². The Kier molecular flexibility index (Phi) is 6.23. The number of nitrogens with one attached hydrogen (secondary N) is 1. The van der Waals surface area contributed by atoms with Crippen molar-refractivity contribution in [2.75, 3.05) is 31.2 Å². The summed E-state index contributed by atoms with van der Waals surface area (Å²) in [5.41, 5.74) is 8.11. The maximum atomic E-state index is 12.0. The number of ether oxygens (including phenoxy) is 1. The summed E-state index contributed by atoms with van der Waals surface area (Å²) in [6, 6.07) is 5.65. The molecule has 5 nitrogen and oxygen atoms in total. The van der Waals surface area contributed by atoms with Gasteiger partial charge in [-0.1, -0.05) is 35.8 Å². The summed E-state index contributed by atoms with van der Waals surface area (Å²) in [5, 5.41) is 2.94. The molecule has 0 aliphatic carbocycles. The van der Waals surface area contributed by atoms with Gasteiger partial charge in [0.2, 0.25) is 5.91 Å². The van der Waals surface area contributed by atoms with E-state index in [2.05, 4.69) is 32.2 Å². The average Bonchev–Trinajstić information content (AvgIpc) is 2.53. The van der Waals surface area contributed by atoms with Crippen LogP contribution in [0.4, 0.5) is 5.69 Å². The van der Waals surface area contributed by atoms with E-state index in [1.54, 1.807) is 0 Å². The zero-order chi connectivity index (χ0) is 16.1. The van der Waals surface area contributed by atoms with E-state index >= 15 is 0 Å². The predicted octanol–water partition coefficient (Wildman–Crippen LogP) is 1.89. The minimum atomic E-state index is -0.470. The van der Waals surface area contributed by atoms with Crippen LogP contribution in [0.2, 0.25) is 0 Å². The van der Waals surface area contributed by atoms with Crippen LogP contribution in [0.3, 0.4) is 0 Å². The number of anilines is 1. The lowest BCUT2D eigenvalue weighted by Gasteiger charge is -2.31. The number of nitrogens with two attached hydrogens (primary N) is 1. The molecule has 1 aromatic carbocycles. The molecule has 6 heteroatoms. The zero-order valence-electron chi connectivity index (χ0n) is 13.1. The molecule has 0 saturated carbocycles. The van der Waals surface area contributed by atoms with Gasteiger partial charge in [0.1, 0.15) is 0 Å². The van der Waals surface area contributed by atoms with Crippen molar-refractivity contribution in [1.29, 1.82) is 0 Å². The molecule has 2 rings (SSSR count). The van der Waals surface area contributed by atoms with E-state index in [1.165, 1.54) is 0 Å². The maximum Gasteiger partial charge on any atom is 0.237 e. The highest BCUT2D eigenvalue weighted by molar-refractivity contribution is 9.10. The Hall–Kier alpha value is -1.11. The van der Waals surface area contributed by atoms with Gasteiger partial charge >= 0.3 is 0 Å². The Balaban J connectivity index is 2.08. The molecule has 1 heterocycles. The van der Waals surface area contributed by atoms with Crippen LogP contribution in [0.25, 0.3) is 0 Å². The fraction of sp³-hybridized carbons (Fsp3) is 0.562. The Labute approximate surface area is 140 Å². The monoisotopic (exact) mass is 369 g/mol. The molecule has 0 aromatic heterocycles. The fourth-order valence-electron chi connectivity index (χ4n) is 2.39. The third-order valence-electron chi connectivity index (χ3n) is 3.87. The van der Waals surface area contributed by atoms with Crippen LogP contribution in [0.5, 0.6) is 0 Å². The second kappa shape index (κ2) is 7.94. The van der Waals surface area contributed by atoms with Gasteiger partial charge in [-0.3, -0.25) is 4.79 Å². The van der Waals surface area contributed by atoms with E-state index < -0.39 is 6.04 Å². The molecule has 1 aliphatic rings. The summed E-state index contributed by atoms with van der Waals surface area (Å²) in [6.45, 7) is 7.57. The molecule has 3 N–H and O–H groups in total. The molecule has 1 atom stereocenters. The number of amides is 1. The highest BCUT2D eigenvalue weighted by Crippen LogP contribution is 2.26. The summed E-state index contributed by atoms with van der Waals surface area (Å²) < 4.78 is 6.44. The first-order valence-electron chi connectivity index (χ1n) is 7.63. The molecule has 122 valence electrons. The molecule has 1 amide bonds. The Bertz CT molecular complexity index is 516. The largest absolute Gasteiger partial charge is 0.378 e. The number of rotatable bonds is 5. The van der Waals surface area contributed by atoms with Crippen molar-refractivity contribution in [2.24, 2.45) is 11.7 Å². The highest BCUT2D eigenvalue weighted by atomic mass is 79.9. The van der Waals surface area contributed by atoms with Gasteiger partial charge in [0, 0.05) is 29.8 Å². The van der Waals surface area contributed by atoms with Crippen molar-refractivity contribution in [3.05, 3.63) is 28.2 Å². The number of morpholine rings is 1. The number of carbonyl (C=O) groups is 1. The van der Waals surface area contributed by atoms with Crippen LogP contribution in [0.1, 0.15) is 19.4 Å². The normalized spacial score (nSPS) is 16.7. The Morgan fingerprint density at radius 3 is 2.73 bits per heavy atom. The van der Waals surface area contributed by atoms with Gasteiger partial charge in [-0.15, -0.1) is 0 Å². The standard InChI is InChI=1S/C16H24BrN3O2/c1-11(2)15(18)16(21)19-10-12-3-4-13(17)9-14(12)20-5-7-22-8-6-20/h3-4,9,11,15H,5-8,10,18H2,1-2H3,(H,19,21)/t15-/m0/s1. The van der Waals surface area contributed by atoms with E-state index in [-0.39, 0.29) is 11.8 Å². The lowest BCUT2D eigenvalue weighted by atomic mass is 10.0. The lowest BCUT2D eigenvalue weighted by molar-refractivity contribution is -0.123. The van der Waals surface area contributed by atoms with Gasteiger partial charge in [-0.05, 0) is 23.6 Å². The van der Waals surface area contributed by atoms with Crippen molar-refractivity contribution < 1.29 is 9.53 Å². The van der Waals surface area contributed by atoms with Crippen molar-refractivity contribution >= 4 is 27.5 Å². The van der Waals surface area contributed by atoms with Crippen molar-refractivity contribution in [3.8, 4) is 0 Å². The highest BCUT2D eigenvalue weighted by Gasteiger charge is 2.19. The number of hydrogen-bond acceptors (Lipinski definition) is 4.